The molecule has 0 fully saturated rings. The number of nitrogens with one attached hydrogen (secondary N) is 1. The summed E-state index contributed by atoms with van der Waals surface area (Å²) in [6.07, 6.45) is 1.74. The number of hydrogen-bond donors (Lipinski definition) is 1. The van der Waals surface area contributed by atoms with Crippen molar-refractivity contribution in [3.63, 3.8) is 0 Å². The van der Waals surface area contributed by atoms with Gasteiger partial charge in [0.2, 0.25) is 0 Å². The zero-order valence-corrected chi connectivity index (χ0v) is 11.4. The fraction of sp³-hybridized carbons (Fsp3) is 0.429. The molecule has 0 aliphatic carbocycles. The maximum absolute atomic E-state index is 8.89. The minimum atomic E-state index is -0.282. The molecule has 1 N–H and O–H groups in total. The summed E-state index contributed by atoms with van der Waals surface area (Å²) in [6.45, 7) is 4.63. The first-order chi connectivity index (χ1) is 8.48. The number of nitriles is 2. The highest BCUT2D eigenvalue weighted by atomic mass is 35.5. The lowest BCUT2D eigenvalue weighted by Crippen LogP contribution is -2.11. The Morgan fingerprint density at radius 3 is 2.61 bits per heavy atom. The van der Waals surface area contributed by atoms with Gasteiger partial charge in [-0.2, -0.15) is 10.5 Å². The van der Waals surface area contributed by atoms with Crippen molar-refractivity contribution in [3.8, 4) is 12.1 Å². The van der Waals surface area contributed by atoms with E-state index in [1.165, 1.54) is 0 Å². The van der Waals surface area contributed by atoms with Crippen molar-refractivity contribution in [3.05, 3.63) is 28.8 Å². The molecule has 0 aliphatic heterocycles. The Morgan fingerprint density at radius 2 is 2.06 bits per heavy atom. The minimum absolute atomic E-state index is 0.282. The van der Waals surface area contributed by atoms with Gasteiger partial charge >= 0.3 is 0 Å². The topological polar surface area (TPSA) is 59.6 Å². The highest BCUT2D eigenvalue weighted by Gasteiger charge is 2.15. The molecule has 4 heteroatoms. The standard InChI is InChI=1S/C14H16ClN3/c1-14(2,10-17)6-3-7-18-13-5-4-11(9-16)8-12(13)15/h4-5,8,18H,3,6-7H2,1-2H3. The quantitative estimate of drug-likeness (QED) is 0.817. The SMILES string of the molecule is CC(C)(C#N)CCCNc1ccc(C#N)cc1Cl. The molecular formula is C14H16ClN3. The third-order valence-corrected chi connectivity index (χ3v) is 3.01. The molecule has 0 unspecified atom stereocenters. The van der Waals surface area contributed by atoms with E-state index in [9.17, 15) is 0 Å². The van der Waals surface area contributed by atoms with Crippen LogP contribution in [0.2, 0.25) is 5.02 Å². The van der Waals surface area contributed by atoms with Crippen molar-refractivity contribution >= 4 is 17.3 Å². The van der Waals surface area contributed by atoms with Crippen LogP contribution in [0.4, 0.5) is 5.69 Å². The van der Waals surface area contributed by atoms with Crippen molar-refractivity contribution < 1.29 is 0 Å². The molecule has 1 rings (SSSR count). The summed E-state index contributed by atoms with van der Waals surface area (Å²) >= 11 is 6.04. The van der Waals surface area contributed by atoms with E-state index in [0.29, 0.717) is 10.6 Å². The molecule has 0 heterocycles. The highest BCUT2D eigenvalue weighted by Crippen LogP contribution is 2.24. The van der Waals surface area contributed by atoms with Crippen LogP contribution >= 0.6 is 11.6 Å². The van der Waals surface area contributed by atoms with Crippen LogP contribution in [0.3, 0.4) is 0 Å². The van der Waals surface area contributed by atoms with Crippen LogP contribution in [-0.4, -0.2) is 6.54 Å². The Hall–Kier alpha value is -1.71. The number of hydrogen-bond acceptors (Lipinski definition) is 3. The van der Waals surface area contributed by atoms with Gasteiger partial charge in [-0.25, -0.2) is 0 Å². The van der Waals surface area contributed by atoms with Crippen LogP contribution in [0.5, 0.6) is 0 Å². The molecule has 18 heavy (non-hydrogen) atoms. The molecule has 0 saturated carbocycles. The summed E-state index contributed by atoms with van der Waals surface area (Å²) in [5.74, 6) is 0. The molecule has 0 aromatic heterocycles. The first-order valence-corrected chi connectivity index (χ1v) is 6.21. The van der Waals surface area contributed by atoms with Gasteiger partial charge in [-0.3, -0.25) is 0 Å². The van der Waals surface area contributed by atoms with Gasteiger partial charge in [-0.05, 0) is 44.9 Å². The molecule has 0 radical (unpaired) electrons. The van der Waals surface area contributed by atoms with E-state index in [-0.39, 0.29) is 5.41 Å². The Morgan fingerprint density at radius 1 is 1.33 bits per heavy atom. The van der Waals surface area contributed by atoms with E-state index in [2.05, 4.69) is 11.4 Å². The van der Waals surface area contributed by atoms with Gasteiger partial charge in [0.25, 0.3) is 0 Å². The van der Waals surface area contributed by atoms with E-state index in [1.807, 2.05) is 19.9 Å². The maximum atomic E-state index is 8.89. The molecule has 0 saturated heterocycles. The van der Waals surface area contributed by atoms with Crippen LogP contribution < -0.4 is 5.32 Å². The lowest BCUT2D eigenvalue weighted by molar-refractivity contribution is 0.441. The molecule has 1 aromatic carbocycles. The van der Waals surface area contributed by atoms with Crippen molar-refractivity contribution in [1.82, 2.24) is 0 Å². The van der Waals surface area contributed by atoms with Crippen LogP contribution in [0.15, 0.2) is 18.2 Å². The number of benzene rings is 1. The van der Waals surface area contributed by atoms with E-state index >= 15 is 0 Å². The van der Waals surface area contributed by atoms with Crippen LogP contribution in [0.25, 0.3) is 0 Å². The van der Waals surface area contributed by atoms with Crippen molar-refractivity contribution in [2.45, 2.75) is 26.7 Å². The predicted octanol–water partition coefficient (Wildman–Crippen LogP) is 3.95. The monoisotopic (exact) mass is 261 g/mol. The Labute approximate surface area is 113 Å². The van der Waals surface area contributed by atoms with Gasteiger partial charge in [-0.1, -0.05) is 11.6 Å². The normalized spacial score (nSPS) is 10.5. The van der Waals surface area contributed by atoms with Crippen LogP contribution in [0.1, 0.15) is 32.3 Å². The number of rotatable bonds is 5. The van der Waals surface area contributed by atoms with Crippen LogP contribution in [-0.2, 0) is 0 Å². The lowest BCUT2D eigenvalue weighted by Gasteiger charge is -2.15. The summed E-state index contributed by atoms with van der Waals surface area (Å²) in [4.78, 5) is 0. The molecule has 0 amide bonds. The maximum Gasteiger partial charge on any atom is 0.0992 e. The molecular weight excluding hydrogens is 246 g/mol. The second-order valence-corrected chi connectivity index (χ2v) is 5.24. The fourth-order valence-corrected chi connectivity index (χ4v) is 1.78. The molecule has 94 valence electrons. The Balaban J connectivity index is 2.46. The summed E-state index contributed by atoms with van der Waals surface area (Å²) < 4.78 is 0. The Kier molecular flexibility index (Phi) is 5.01. The third-order valence-electron chi connectivity index (χ3n) is 2.69. The van der Waals surface area contributed by atoms with E-state index in [4.69, 9.17) is 22.1 Å². The van der Waals surface area contributed by atoms with Crippen molar-refractivity contribution in [1.29, 1.82) is 10.5 Å². The second-order valence-electron chi connectivity index (χ2n) is 4.83. The second kappa shape index (κ2) is 6.28. The fourth-order valence-electron chi connectivity index (χ4n) is 1.54. The van der Waals surface area contributed by atoms with Crippen molar-refractivity contribution in [2.24, 2.45) is 5.41 Å². The van der Waals surface area contributed by atoms with E-state index in [1.54, 1.807) is 18.2 Å². The Bertz CT molecular complexity index is 495. The average Bonchev–Trinajstić information content (AvgIpc) is 2.36. The molecule has 0 spiro atoms. The molecule has 0 atom stereocenters. The summed E-state index contributed by atoms with van der Waals surface area (Å²) in [5, 5.41) is 21.4. The summed E-state index contributed by atoms with van der Waals surface area (Å²) in [6, 6.07) is 9.49. The van der Waals surface area contributed by atoms with E-state index in [0.717, 1.165) is 25.1 Å². The number of anilines is 1. The molecule has 0 bridgehead atoms. The first-order valence-electron chi connectivity index (χ1n) is 5.83. The number of halogens is 1. The molecule has 1 aromatic rings. The zero-order valence-electron chi connectivity index (χ0n) is 10.6. The highest BCUT2D eigenvalue weighted by molar-refractivity contribution is 6.33. The largest absolute Gasteiger partial charge is 0.384 e. The summed E-state index contributed by atoms with van der Waals surface area (Å²) in [7, 11) is 0. The molecule has 3 nitrogen and oxygen atoms in total. The van der Waals surface area contributed by atoms with Gasteiger partial charge < -0.3 is 5.32 Å². The van der Waals surface area contributed by atoms with Gasteiger partial charge in [0, 0.05) is 6.54 Å². The van der Waals surface area contributed by atoms with Crippen LogP contribution in [0, 0.1) is 28.1 Å². The van der Waals surface area contributed by atoms with Gasteiger partial charge in [-0.15, -0.1) is 0 Å². The van der Waals surface area contributed by atoms with E-state index < -0.39 is 0 Å². The minimum Gasteiger partial charge on any atom is -0.384 e. The predicted molar refractivity (Wildman–Crippen MR) is 73.3 cm³/mol. The summed E-state index contributed by atoms with van der Waals surface area (Å²) in [5.41, 5.74) is 1.09. The third kappa shape index (κ3) is 4.28. The lowest BCUT2D eigenvalue weighted by atomic mass is 9.90. The van der Waals surface area contributed by atoms with Gasteiger partial charge in [0.1, 0.15) is 0 Å². The van der Waals surface area contributed by atoms with Gasteiger partial charge in [0.15, 0.2) is 0 Å². The number of nitrogens with zero attached hydrogens (tertiary/aromatic N) is 2. The first kappa shape index (κ1) is 14.4. The smallest absolute Gasteiger partial charge is 0.0992 e. The zero-order chi connectivity index (χ0) is 13.6. The van der Waals surface area contributed by atoms with Gasteiger partial charge in [0.05, 0.1) is 33.8 Å². The molecule has 0 aliphatic rings. The van der Waals surface area contributed by atoms with Crippen molar-refractivity contribution in [2.75, 3.05) is 11.9 Å². The average molecular weight is 262 g/mol.